The molecule has 0 aromatic carbocycles. The molecule has 1 unspecified atom stereocenters. The van der Waals surface area contributed by atoms with Crippen LogP contribution in [0.4, 0.5) is 5.82 Å². The van der Waals surface area contributed by atoms with E-state index in [9.17, 15) is 0 Å². The van der Waals surface area contributed by atoms with E-state index in [1.807, 2.05) is 26.0 Å². The number of methoxy groups -OCH3 is 1. The molecule has 164 valence electrons. The van der Waals surface area contributed by atoms with E-state index in [4.69, 9.17) is 19.2 Å². The van der Waals surface area contributed by atoms with E-state index in [1.54, 1.807) is 19.5 Å². The van der Waals surface area contributed by atoms with Gasteiger partial charge in [-0.25, -0.2) is 9.97 Å². The van der Waals surface area contributed by atoms with Crippen LogP contribution < -0.4 is 4.90 Å². The number of pyridine rings is 1. The van der Waals surface area contributed by atoms with Gasteiger partial charge in [0.1, 0.15) is 11.9 Å². The summed E-state index contributed by atoms with van der Waals surface area (Å²) < 4.78 is 10.7. The van der Waals surface area contributed by atoms with E-state index < -0.39 is 0 Å². The van der Waals surface area contributed by atoms with E-state index in [2.05, 4.69) is 31.8 Å². The van der Waals surface area contributed by atoms with Gasteiger partial charge in [0.2, 0.25) is 5.89 Å². The second-order valence-corrected chi connectivity index (χ2v) is 7.86. The zero-order chi connectivity index (χ0) is 21.8. The first kappa shape index (κ1) is 21.3. The van der Waals surface area contributed by atoms with E-state index in [0.717, 1.165) is 61.1 Å². The molecule has 0 bridgehead atoms. The summed E-state index contributed by atoms with van der Waals surface area (Å²) in [6, 6.07) is 3.90. The van der Waals surface area contributed by atoms with Crippen LogP contribution in [0.1, 0.15) is 42.4 Å². The molecule has 1 atom stereocenters. The van der Waals surface area contributed by atoms with Crippen molar-refractivity contribution in [1.29, 1.82) is 0 Å². The fourth-order valence-corrected chi connectivity index (χ4v) is 3.68. The van der Waals surface area contributed by atoms with Gasteiger partial charge in [-0.15, -0.1) is 0 Å². The molecule has 0 saturated carbocycles. The van der Waals surface area contributed by atoms with E-state index in [-0.39, 0.29) is 6.10 Å². The third-order valence-corrected chi connectivity index (χ3v) is 5.73. The number of aryl methyl sites for hydroxylation is 1. The number of aromatic nitrogens is 5. The number of hydrogen-bond acceptors (Lipinski definition) is 9. The first-order valence-electron chi connectivity index (χ1n) is 10.6. The van der Waals surface area contributed by atoms with Crippen LogP contribution in [0, 0.1) is 13.8 Å². The van der Waals surface area contributed by atoms with Gasteiger partial charge >= 0.3 is 0 Å². The maximum atomic E-state index is 5.42. The van der Waals surface area contributed by atoms with Gasteiger partial charge in [0.15, 0.2) is 11.6 Å². The second kappa shape index (κ2) is 9.49. The van der Waals surface area contributed by atoms with Crippen LogP contribution in [0.25, 0.3) is 11.4 Å². The van der Waals surface area contributed by atoms with Crippen LogP contribution >= 0.6 is 0 Å². The number of rotatable bonds is 6. The van der Waals surface area contributed by atoms with E-state index in [0.29, 0.717) is 18.3 Å². The lowest BCUT2D eigenvalue weighted by atomic mass is 10.2. The first-order chi connectivity index (χ1) is 15.0. The van der Waals surface area contributed by atoms with E-state index in [1.165, 1.54) is 0 Å². The minimum atomic E-state index is -0.171. The third-order valence-electron chi connectivity index (χ3n) is 5.73. The minimum absolute atomic E-state index is 0.171. The zero-order valence-corrected chi connectivity index (χ0v) is 18.6. The Morgan fingerprint density at radius 3 is 2.77 bits per heavy atom. The standard InChI is InChI=1S/C22H29N7O2/c1-15-16(2)24-21(18-7-5-8-23-13-18)26-22(15)29-10-6-9-28(11-12-29)14-19-25-20(27-31-19)17(3)30-4/h5,7-8,13,17H,6,9-12,14H2,1-4H3. The highest BCUT2D eigenvalue weighted by molar-refractivity contribution is 5.59. The average Bonchev–Trinajstić information content (AvgIpc) is 3.14. The number of anilines is 1. The monoisotopic (exact) mass is 423 g/mol. The van der Waals surface area contributed by atoms with Gasteiger partial charge in [0.05, 0.1) is 6.54 Å². The molecule has 0 radical (unpaired) electrons. The predicted octanol–water partition coefficient (Wildman–Crippen LogP) is 2.96. The van der Waals surface area contributed by atoms with Crippen LogP contribution in [0.5, 0.6) is 0 Å². The summed E-state index contributed by atoms with van der Waals surface area (Å²) in [6.07, 6.45) is 4.42. The molecule has 4 rings (SSSR count). The van der Waals surface area contributed by atoms with Crippen LogP contribution in [-0.2, 0) is 11.3 Å². The van der Waals surface area contributed by atoms with Gasteiger partial charge in [-0.1, -0.05) is 5.16 Å². The molecule has 1 aliphatic rings. The summed E-state index contributed by atoms with van der Waals surface area (Å²) in [5.41, 5.74) is 3.05. The second-order valence-electron chi connectivity index (χ2n) is 7.86. The SMILES string of the molecule is COC(C)c1noc(CN2CCCN(c3nc(-c4cccnc4)nc(C)c3C)CC2)n1. The molecule has 0 aliphatic carbocycles. The molecule has 9 nitrogen and oxygen atoms in total. The van der Waals surface area contributed by atoms with Crippen molar-refractivity contribution in [2.75, 3.05) is 38.2 Å². The van der Waals surface area contributed by atoms with Crippen molar-refractivity contribution < 1.29 is 9.26 Å². The Kier molecular flexibility index (Phi) is 6.53. The fraction of sp³-hybridized carbons (Fsp3) is 0.500. The van der Waals surface area contributed by atoms with Gasteiger partial charge in [-0.05, 0) is 39.3 Å². The van der Waals surface area contributed by atoms with Crippen LogP contribution in [-0.4, -0.2) is 63.3 Å². The molecule has 3 aromatic rings. The van der Waals surface area contributed by atoms with Gasteiger partial charge in [0, 0.05) is 62.5 Å². The molecule has 0 N–H and O–H groups in total. The molecule has 1 aliphatic heterocycles. The zero-order valence-electron chi connectivity index (χ0n) is 18.6. The predicted molar refractivity (Wildman–Crippen MR) is 117 cm³/mol. The fourth-order valence-electron chi connectivity index (χ4n) is 3.68. The Balaban J connectivity index is 1.47. The molecule has 0 spiro atoms. The normalized spacial score (nSPS) is 16.3. The molecule has 31 heavy (non-hydrogen) atoms. The van der Waals surface area contributed by atoms with Crippen LogP contribution in [0.2, 0.25) is 0 Å². The van der Waals surface area contributed by atoms with Crippen molar-refractivity contribution >= 4 is 5.82 Å². The molecule has 4 heterocycles. The molecule has 9 heteroatoms. The molecule has 3 aromatic heterocycles. The number of nitrogens with zero attached hydrogens (tertiary/aromatic N) is 7. The van der Waals surface area contributed by atoms with Crippen molar-refractivity contribution in [2.24, 2.45) is 0 Å². The Morgan fingerprint density at radius 1 is 1.13 bits per heavy atom. The number of ether oxygens (including phenoxy) is 1. The molecule has 1 fully saturated rings. The molecular weight excluding hydrogens is 394 g/mol. The van der Waals surface area contributed by atoms with Gasteiger partial charge in [-0.3, -0.25) is 9.88 Å². The first-order valence-corrected chi connectivity index (χ1v) is 10.6. The Hall–Kier alpha value is -2.91. The average molecular weight is 424 g/mol. The summed E-state index contributed by atoms with van der Waals surface area (Å²) in [7, 11) is 1.64. The highest BCUT2D eigenvalue weighted by atomic mass is 16.5. The van der Waals surface area contributed by atoms with Crippen LogP contribution in [0.15, 0.2) is 29.0 Å². The Labute approximate surface area is 182 Å². The summed E-state index contributed by atoms with van der Waals surface area (Å²) >= 11 is 0. The van der Waals surface area contributed by atoms with Crippen molar-refractivity contribution in [2.45, 2.75) is 39.8 Å². The van der Waals surface area contributed by atoms with E-state index >= 15 is 0 Å². The summed E-state index contributed by atoms with van der Waals surface area (Å²) in [4.78, 5) is 23.0. The largest absolute Gasteiger partial charge is 0.374 e. The highest BCUT2D eigenvalue weighted by Crippen LogP contribution is 2.25. The summed E-state index contributed by atoms with van der Waals surface area (Å²) in [5, 5.41) is 4.03. The topological polar surface area (TPSA) is 93.3 Å². The lowest BCUT2D eigenvalue weighted by Crippen LogP contribution is -2.31. The third kappa shape index (κ3) is 4.88. The van der Waals surface area contributed by atoms with Crippen molar-refractivity contribution in [3.05, 3.63) is 47.5 Å². The quantitative estimate of drug-likeness (QED) is 0.593. The molecular formula is C22H29N7O2. The highest BCUT2D eigenvalue weighted by Gasteiger charge is 2.22. The molecule has 0 amide bonds. The number of hydrogen-bond donors (Lipinski definition) is 0. The van der Waals surface area contributed by atoms with Gasteiger partial charge in [0.25, 0.3) is 0 Å². The van der Waals surface area contributed by atoms with Crippen molar-refractivity contribution in [1.82, 2.24) is 30.0 Å². The lowest BCUT2D eigenvalue weighted by molar-refractivity contribution is 0.109. The Bertz CT molecular complexity index is 1010. The van der Waals surface area contributed by atoms with Crippen molar-refractivity contribution in [3.63, 3.8) is 0 Å². The minimum Gasteiger partial charge on any atom is -0.374 e. The summed E-state index contributed by atoms with van der Waals surface area (Å²) in [5.74, 6) is 2.93. The van der Waals surface area contributed by atoms with Crippen LogP contribution in [0.3, 0.4) is 0 Å². The lowest BCUT2D eigenvalue weighted by Gasteiger charge is -2.25. The maximum Gasteiger partial charge on any atom is 0.240 e. The van der Waals surface area contributed by atoms with Gasteiger partial charge in [-0.2, -0.15) is 4.98 Å². The van der Waals surface area contributed by atoms with Gasteiger partial charge < -0.3 is 14.2 Å². The molecule has 1 saturated heterocycles. The van der Waals surface area contributed by atoms with Crippen molar-refractivity contribution in [3.8, 4) is 11.4 Å². The summed E-state index contributed by atoms with van der Waals surface area (Å²) in [6.45, 7) is 10.4. The maximum absolute atomic E-state index is 5.42. The Morgan fingerprint density at radius 2 is 2.00 bits per heavy atom. The smallest absolute Gasteiger partial charge is 0.240 e.